The highest BCUT2D eigenvalue weighted by Crippen LogP contribution is 2.45. The molecule has 186 valence electrons. The van der Waals surface area contributed by atoms with Crippen LogP contribution in [0.1, 0.15) is 73.5 Å². The van der Waals surface area contributed by atoms with E-state index in [0.717, 1.165) is 52.9 Å². The number of fused-ring (bicyclic) bond motifs is 1. The van der Waals surface area contributed by atoms with E-state index < -0.39 is 0 Å². The summed E-state index contributed by atoms with van der Waals surface area (Å²) in [6, 6.07) is 18.2. The van der Waals surface area contributed by atoms with Crippen molar-refractivity contribution in [3.8, 4) is 0 Å². The molecule has 7 heteroatoms. The summed E-state index contributed by atoms with van der Waals surface area (Å²) in [7, 11) is 0. The van der Waals surface area contributed by atoms with E-state index in [0.29, 0.717) is 12.0 Å². The number of nitrogens with zero attached hydrogens (tertiary/aromatic N) is 5. The van der Waals surface area contributed by atoms with Crippen molar-refractivity contribution < 1.29 is 0 Å². The average molecular weight is 483 g/mol. The van der Waals surface area contributed by atoms with Crippen molar-refractivity contribution in [2.75, 3.05) is 13.1 Å². The number of H-pyrrole nitrogens is 1. The van der Waals surface area contributed by atoms with Crippen LogP contribution >= 0.6 is 0 Å². The van der Waals surface area contributed by atoms with Gasteiger partial charge in [0.1, 0.15) is 6.04 Å². The van der Waals surface area contributed by atoms with Crippen LogP contribution in [-0.2, 0) is 6.54 Å². The molecule has 1 saturated heterocycles. The standard InChI is InChI=1S/C29H34N6O/c1-21-10-8-13-23-18-24(28(36)30-25(21)23)26(34-17-9-16-29(20-34)14-6-3-7-15-29)27-31-32-33-35(27)19-22-11-4-2-5-12-22/h2,4-5,8,10-13,18,26H,3,6-7,9,14-17,19-20H2,1H3,(H,30,36)/t26-/m1/s1. The lowest BCUT2D eigenvalue weighted by Crippen LogP contribution is -2.47. The van der Waals surface area contributed by atoms with Crippen molar-refractivity contribution in [2.45, 2.75) is 64.5 Å². The van der Waals surface area contributed by atoms with E-state index in [4.69, 9.17) is 0 Å². The second-order valence-corrected chi connectivity index (χ2v) is 10.8. The van der Waals surface area contributed by atoms with Crippen molar-refractivity contribution in [3.63, 3.8) is 0 Å². The monoisotopic (exact) mass is 482 g/mol. The number of rotatable bonds is 5. The highest BCUT2D eigenvalue weighted by atomic mass is 16.1. The van der Waals surface area contributed by atoms with E-state index in [2.05, 4.69) is 49.7 Å². The molecule has 1 aliphatic heterocycles. The molecule has 2 aliphatic rings. The molecule has 1 atom stereocenters. The van der Waals surface area contributed by atoms with Gasteiger partial charge in [-0.15, -0.1) is 5.10 Å². The number of para-hydroxylation sites is 1. The molecule has 1 spiro atoms. The summed E-state index contributed by atoms with van der Waals surface area (Å²) in [5.74, 6) is 0.740. The number of pyridine rings is 1. The van der Waals surface area contributed by atoms with Gasteiger partial charge in [-0.1, -0.05) is 67.8 Å². The molecule has 1 saturated carbocycles. The molecular weight excluding hydrogens is 448 g/mol. The number of piperidine rings is 1. The number of aromatic nitrogens is 5. The van der Waals surface area contributed by atoms with Crippen LogP contribution in [0.2, 0.25) is 0 Å². The van der Waals surface area contributed by atoms with Gasteiger partial charge >= 0.3 is 0 Å². The molecule has 2 aromatic carbocycles. The minimum atomic E-state index is -0.295. The number of hydrogen-bond donors (Lipinski definition) is 1. The van der Waals surface area contributed by atoms with Gasteiger partial charge in [-0.25, -0.2) is 4.68 Å². The molecular formula is C29H34N6O. The topological polar surface area (TPSA) is 79.7 Å². The predicted molar refractivity (Wildman–Crippen MR) is 141 cm³/mol. The Kier molecular flexibility index (Phi) is 6.17. The third-order valence-corrected chi connectivity index (χ3v) is 8.36. The Labute approximate surface area is 211 Å². The summed E-state index contributed by atoms with van der Waals surface area (Å²) in [5.41, 5.74) is 4.11. The SMILES string of the molecule is Cc1cccc2cc([C@H](c3nnnn3Cc3ccccc3)N3CCCC4(CCCCC4)C3)c(=O)[nH]c12. The predicted octanol–water partition coefficient (Wildman–Crippen LogP) is 5.01. The lowest BCUT2D eigenvalue weighted by molar-refractivity contribution is 0.0340. The molecule has 36 heavy (non-hydrogen) atoms. The zero-order valence-electron chi connectivity index (χ0n) is 21.0. The molecule has 3 heterocycles. The molecule has 4 aromatic rings. The molecule has 0 radical (unpaired) electrons. The van der Waals surface area contributed by atoms with Gasteiger partial charge in [-0.2, -0.15) is 0 Å². The summed E-state index contributed by atoms with van der Waals surface area (Å²) < 4.78 is 1.88. The van der Waals surface area contributed by atoms with E-state index in [1.165, 1.54) is 38.5 Å². The fourth-order valence-electron chi connectivity index (χ4n) is 6.56. The Hall–Kier alpha value is -3.32. The van der Waals surface area contributed by atoms with Crippen LogP contribution in [-0.4, -0.2) is 43.2 Å². The molecule has 0 bridgehead atoms. The molecule has 6 rings (SSSR count). The van der Waals surface area contributed by atoms with Gasteiger partial charge in [-0.3, -0.25) is 9.69 Å². The lowest BCUT2D eigenvalue weighted by Gasteiger charge is -2.47. The second kappa shape index (κ2) is 9.62. The van der Waals surface area contributed by atoms with E-state index in [1.807, 2.05) is 41.9 Å². The van der Waals surface area contributed by atoms with Crippen molar-refractivity contribution in [3.05, 3.63) is 87.5 Å². The number of aryl methyl sites for hydroxylation is 1. The largest absolute Gasteiger partial charge is 0.321 e. The quantitative estimate of drug-likeness (QED) is 0.433. The fraction of sp³-hybridized carbons (Fsp3) is 0.448. The third kappa shape index (κ3) is 4.37. The van der Waals surface area contributed by atoms with Gasteiger partial charge in [-0.05, 0) is 77.6 Å². The maximum Gasteiger partial charge on any atom is 0.253 e. The summed E-state index contributed by atoms with van der Waals surface area (Å²) in [5, 5.41) is 14.1. The Balaban J connectivity index is 1.46. The molecule has 1 N–H and O–H groups in total. The first-order chi connectivity index (χ1) is 17.6. The van der Waals surface area contributed by atoms with E-state index in [9.17, 15) is 4.79 Å². The van der Waals surface area contributed by atoms with Crippen molar-refractivity contribution >= 4 is 10.9 Å². The second-order valence-electron chi connectivity index (χ2n) is 10.8. The number of hydrogen-bond acceptors (Lipinski definition) is 5. The summed E-state index contributed by atoms with van der Waals surface area (Å²) in [6.07, 6.45) is 8.92. The van der Waals surface area contributed by atoms with Crippen LogP contribution < -0.4 is 5.56 Å². The van der Waals surface area contributed by atoms with Gasteiger partial charge < -0.3 is 4.98 Å². The van der Waals surface area contributed by atoms with E-state index >= 15 is 0 Å². The Bertz CT molecular complexity index is 1400. The zero-order chi connectivity index (χ0) is 24.5. The van der Waals surface area contributed by atoms with Gasteiger partial charge in [0.15, 0.2) is 5.82 Å². The van der Waals surface area contributed by atoms with E-state index in [-0.39, 0.29) is 11.6 Å². The Morgan fingerprint density at radius 1 is 1.00 bits per heavy atom. The first kappa shape index (κ1) is 23.1. The van der Waals surface area contributed by atoms with E-state index in [1.54, 1.807) is 0 Å². The number of benzene rings is 2. The van der Waals surface area contributed by atoms with Gasteiger partial charge in [0.2, 0.25) is 0 Å². The highest BCUT2D eigenvalue weighted by Gasteiger charge is 2.41. The maximum absolute atomic E-state index is 13.6. The van der Waals surface area contributed by atoms with Gasteiger partial charge in [0.25, 0.3) is 5.56 Å². The number of nitrogens with one attached hydrogen (secondary N) is 1. The van der Waals surface area contributed by atoms with Crippen LogP contribution in [0.3, 0.4) is 0 Å². The summed E-state index contributed by atoms with van der Waals surface area (Å²) >= 11 is 0. The minimum Gasteiger partial charge on any atom is -0.321 e. The molecule has 7 nitrogen and oxygen atoms in total. The number of tetrazole rings is 1. The third-order valence-electron chi connectivity index (χ3n) is 8.36. The van der Waals surface area contributed by atoms with Crippen LogP contribution in [0.4, 0.5) is 0 Å². The van der Waals surface area contributed by atoms with Crippen molar-refractivity contribution in [1.82, 2.24) is 30.1 Å². The highest BCUT2D eigenvalue weighted by molar-refractivity contribution is 5.82. The van der Waals surface area contributed by atoms with Crippen LogP contribution in [0.25, 0.3) is 10.9 Å². The molecule has 0 unspecified atom stereocenters. The van der Waals surface area contributed by atoms with Crippen LogP contribution in [0.15, 0.2) is 59.4 Å². The van der Waals surface area contributed by atoms with Gasteiger partial charge in [0, 0.05) is 12.1 Å². The van der Waals surface area contributed by atoms with Crippen LogP contribution in [0, 0.1) is 12.3 Å². The minimum absolute atomic E-state index is 0.0562. The van der Waals surface area contributed by atoms with Crippen molar-refractivity contribution in [1.29, 1.82) is 0 Å². The zero-order valence-corrected chi connectivity index (χ0v) is 21.0. The summed E-state index contributed by atoms with van der Waals surface area (Å²) in [6.45, 7) is 4.54. The smallest absolute Gasteiger partial charge is 0.253 e. The number of likely N-dealkylation sites (tertiary alicyclic amines) is 1. The Morgan fingerprint density at radius 3 is 2.64 bits per heavy atom. The first-order valence-corrected chi connectivity index (χ1v) is 13.3. The summed E-state index contributed by atoms with van der Waals surface area (Å²) in [4.78, 5) is 19.3. The van der Waals surface area contributed by atoms with Gasteiger partial charge in [0.05, 0.1) is 12.1 Å². The number of aromatic amines is 1. The Morgan fingerprint density at radius 2 is 1.81 bits per heavy atom. The average Bonchev–Trinajstić information content (AvgIpc) is 3.34. The fourth-order valence-corrected chi connectivity index (χ4v) is 6.56. The molecule has 0 amide bonds. The maximum atomic E-state index is 13.6. The van der Waals surface area contributed by atoms with Crippen molar-refractivity contribution in [2.24, 2.45) is 5.41 Å². The first-order valence-electron chi connectivity index (χ1n) is 13.3. The molecule has 2 fully saturated rings. The lowest BCUT2D eigenvalue weighted by atomic mass is 9.69. The normalized spacial score (nSPS) is 19.0. The molecule has 2 aromatic heterocycles. The van der Waals surface area contributed by atoms with Crippen LogP contribution in [0.5, 0.6) is 0 Å². The molecule has 1 aliphatic carbocycles.